The first-order chi connectivity index (χ1) is 14.0. The molecule has 8 heteroatoms. The Kier molecular flexibility index (Phi) is 9.47. The van der Waals surface area contributed by atoms with E-state index < -0.39 is 5.97 Å². The van der Waals surface area contributed by atoms with Gasteiger partial charge in [0.1, 0.15) is 4.32 Å². The van der Waals surface area contributed by atoms with E-state index in [4.69, 9.17) is 26.8 Å². The molecule has 1 aliphatic heterocycles. The first-order valence-corrected chi connectivity index (χ1v) is 11.1. The summed E-state index contributed by atoms with van der Waals surface area (Å²) in [7, 11) is 0. The monoisotopic (exact) mass is 437 g/mol. The summed E-state index contributed by atoms with van der Waals surface area (Å²) in [6, 6.07) is 5.60. The minimum atomic E-state index is -0.883. The minimum Gasteiger partial charge on any atom is -0.490 e. The summed E-state index contributed by atoms with van der Waals surface area (Å²) in [6.07, 6.45) is 5.40. The lowest BCUT2D eigenvalue weighted by Crippen LogP contribution is -2.29. The van der Waals surface area contributed by atoms with Crippen molar-refractivity contribution in [1.82, 2.24) is 4.90 Å². The number of carboxylic acids is 1. The molecule has 29 heavy (non-hydrogen) atoms. The number of carbonyl (C=O) groups is 2. The summed E-state index contributed by atoms with van der Waals surface area (Å²) >= 11 is 6.51. The SMILES string of the molecule is CCCCCOc1ccc(/C=C2\SC(=S)N(CCCC(=O)O)C2=O)cc1OCC. The van der Waals surface area contributed by atoms with Crippen LogP contribution < -0.4 is 9.47 Å². The summed E-state index contributed by atoms with van der Waals surface area (Å²) in [5.41, 5.74) is 0.820. The van der Waals surface area contributed by atoms with Crippen LogP contribution in [0.2, 0.25) is 0 Å². The summed E-state index contributed by atoms with van der Waals surface area (Å²) in [5, 5.41) is 8.76. The number of aliphatic carboxylic acids is 1. The summed E-state index contributed by atoms with van der Waals surface area (Å²) in [4.78, 5) is 25.3. The number of carbonyl (C=O) groups excluding carboxylic acids is 1. The van der Waals surface area contributed by atoms with Gasteiger partial charge >= 0.3 is 5.97 Å². The van der Waals surface area contributed by atoms with E-state index in [0.29, 0.717) is 46.9 Å². The Bertz CT molecular complexity index is 778. The van der Waals surface area contributed by atoms with Gasteiger partial charge in [0.15, 0.2) is 11.5 Å². The maximum atomic E-state index is 12.6. The molecule has 1 N–H and O–H groups in total. The van der Waals surface area contributed by atoms with Crippen LogP contribution >= 0.6 is 24.0 Å². The summed E-state index contributed by atoms with van der Waals surface area (Å²) < 4.78 is 12.0. The number of benzene rings is 1. The van der Waals surface area contributed by atoms with Crippen molar-refractivity contribution < 1.29 is 24.2 Å². The molecule has 0 unspecified atom stereocenters. The molecule has 1 saturated heterocycles. The number of nitrogens with zero attached hydrogens (tertiary/aromatic N) is 1. The van der Waals surface area contributed by atoms with Crippen LogP contribution in [0, 0.1) is 0 Å². The molecular weight excluding hydrogens is 410 g/mol. The van der Waals surface area contributed by atoms with Gasteiger partial charge in [-0.3, -0.25) is 14.5 Å². The van der Waals surface area contributed by atoms with Crippen LogP contribution in [-0.4, -0.2) is 46.0 Å². The fourth-order valence-corrected chi connectivity index (χ4v) is 4.08. The van der Waals surface area contributed by atoms with Crippen LogP contribution in [0.5, 0.6) is 11.5 Å². The predicted molar refractivity (Wildman–Crippen MR) is 119 cm³/mol. The van der Waals surface area contributed by atoms with Crippen LogP contribution in [0.4, 0.5) is 0 Å². The molecule has 0 atom stereocenters. The second-order valence-corrected chi connectivity index (χ2v) is 8.20. The van der Waals surface area contributed by atoms with Crippen LogP contribution in [0.15, 0.2) is 23.1 Å². The van der Waals surface area contributed by atoms with Crippen molar-refractivity contribution in [1.29, 1.82) is 0 Å². The van der Waals surface area contributed by atoms with Gasteiger partial charge in [0, 0.05) is 13.0 Å². The first kappa shape index (κ1) is 23.2. The van der Waals surface area contributed by atoms with E-state index in [0.717, 1.165) is 24.8 Å². The molecule has 0 radical (unpaired) electrons. The maximum Gasteiger partial charge on any atom is 0.303 e. The van der Waals surface area contributed by atoms with Crippen LogP contribution in [0.3, 0.4) is 0 Å². The van der Waals surface area contributed by atoms with Gasteiger partial charge in [-0.05, 0) is 43.5 Å². The highest BCUT2D eigenvalue weighted by Crippen LogP contribution is 2.35. The van der Waals surface area contributed by atoms with Crippen molar-refractivity contribution in [3.05, 3.63) is 28.7 Å². The number of amides is 1. The average molecular weight is 438 g/mol. The van der Waals surface area contributed by atoms with Gasteiger partial charge in [0.2, 0.25) is 0 Å². The van der Waals surface area contributed by atoms with Crippen molar-refractivity contribution in [2.45, 2.75) is 46.0 Å². The molecule has 158 valence electrons. The van der Waals surface area contributed by atoms with Crippen molar-refractivity contribution in [3.63, 3.8) is 0 Å². The standard InChI is InChI=1S/C21H27NO5S2/c1-3-5-6-12-27-16-10-9-15(13-17(16)26-4-2)14-18-20(25)22(21(28)29-18)11-7-8-19(23)24/h9-10,13-14H,3-8,11-12H2,1-2H3,(H,23,24)/b18-14-. The fraction of sp³-hybridized carbons (Fsp3) is 0.476. The molecule has 1 aromatic carbocycles. The zero-order chi connectivity index (χ0) is 21.2. The third-order valence-corrected chi connectivity index (χ3v) is 5.59. The quantitative estimate of drug-likeness (QED) is 0.288. The van der Waals surface area contributed by atoms with E-state index in [1.165, 1.54) is 16.7 Å². The van der Waals surface area contributed by atoms with Crippen LogP contribution in [0.25, 0.3) is 6.08 Å². The number of thioether (sulfide) groups is 1. The van der Waals surface area contributed by atoms with E-state index >= 15 is 0 Å². The topological polar surface area (TPSA) is 76.1 Å². The molecule has 6 nitrogen and oxygen atoms in total. The molecule has 0 spiro atoms. The Balaban J connectivity index is 2.10. The lowest BCUT2D eigenvalue weighted by Gasteiger charge is -2.13. The Hall–Kier alpha value is -2.06. The zero-order valence-corrected chi connectivity index (χ0v) is 18.4. The first-order valence-electron chi connectivity index (χ1n) is 9.83. The highest BCUT2D eigenvalue weighted by molar-refractivity contribution is 8.26. The number of unbranched alkanes of at least 4 members (excludes halogenated alkanes) is 2. The third kappa shape index (κ3) is 7.04. The zero-order valence-electron chi connectivity index (χ0n) is 16.8. The molecule has 0 saturated carbocycles. The van der Waals surface area contributed by atoms with Crippen LogP contribution in [-0.2, 0) is 9.59 Å². The third-order valence-electron chi connectivity index (χ3n) is 4.22. The smallest absolute Gasteiger partial charge is 0.303 e. The van der Waals surface area contributed by atoms with E-state index in [-0.39, 0.29) is 12.3 Å². The molecule has 1 aromatic rings. The van der Waals surface area contributed by atoms with Gasteiger partial charge in [-0.25, -0.2) is 0 Å². The number of carboxylic acid groups (broad SMARTS) is 1. The van der Waals surface area contributed by atoms with Crippen molar-refractivity contribution in [2.75, 3.05) is 19.8 Å². The summed E-state index contributed by atoms with van der Waals surface area (Å²) in [6.45, 7) is 5.52. The maximum absolute atomic E-state index is 12.6. The number of ether oxygens (including phenoxy) is 2. The molecule has 1 fully saturated rings. The van der Waals surface area contributed by atoms with E-state index in [1.54, 1.807) is 6.08 Å². The second kappa shape index (κ2) is 11.8. The normalized spacial score (nSPS) is 15.2. The van der Waals surface area contributed by atoms with Crippen molar-refractivity contribution in [3.8, 4) is 11.5 Å². The molecule has 1 amide bonds. The van der Waals surface area contributed by atoms with Gasteiger partial charge < -0.3 is 14.6 Å². The molecule has 0 bridgehead atoms. The minimum absolute atomic E-state index is 0.00748. The lowest BCUT2D eigenvalue weighted by molar-refractivity contribution is -0.137. The average Bonchev–Trinajstić information content (AvgIpc) is 2.94. The largest absolute Gasteiger partial charge is 0.490 e. The van der Waals surface area contributed by atoms with Gasteiger partial charge in [-0.1, -0.05) is 49.8 Å². The highest BCUT2D eigenvalue weighted by atomic mass is 32.2. The van der Waals surface area contributed by atoms with Gasteiger partial charge in [-0.2, -0.15) is 0 Å². The molecule has 2 rings (SSSR count). The Morgan fingerprint density at radius 1 is 1.21 bits per heavy atom. The molecule has 0 aromatic heterocycles. The number of thiocarbonyl (C=S) groups is 1. The highest BCUT2D eigenvalue weighted by Gasteiger charge is 2.31. The molecular formula is C21H27NO5S2. The van der Waals surface area contributed by atoms with Gasteiger partial charge in [0.05, 0.1) is 18.1 Å². The van der Waals surface area contributed by atoms with Crippen molar-refractivity contribution >= 4 is 46.3 Å². The van der Waals surface area contributed by atoms with E-state index in [2.05, 4.69) is 6.92 Å². The van der Waals surface area contributed by atoms with Gasteiger partial charge in [0.25, 0.3) is 5.91 Å². The van der Waals surface area contributed by atoms with Gasteiger partial charge in [-0.15, -0.1) is 0 Å². The number of hydrogen-bond donors (Lipinski definition) is 1. The number of hydrogen-bond acceptors (Lipinski definition) is 6. The number of rotatable bonds is 12. The Morgan fingerprint density at radius 3 is 2.69 bits per heavy atom. The second-order valence-electron chi connectivity index (χ2n) is 6.53. The van der Waals surface area contributed by atoms with E-state index in [1.807, 2.05) is 25.1 Å². The van der Waals surface area contributed by atoms with Crippen molar-refractivity contribution in [2.24, 2.45) is 0 Å². The molecule has 1 heterocycles. The Labute approximate surface area is 181 Å². The fourth-order valence-electron chi connectivity index (χ4n) is 2.77. The summed E-state index contributed by atoms with van der Waals surface area (Å²) in [5.74, 6) is 0.269. The van der Waals surface area contributed by atoms with Crippen LogP contribution in [0.1, 0.15) is 51.5 Å². The Morgan fingerprint density at radius 2 is 2.00 bits per heavy atom. The molecule has 1 aliphatic rings. The lowest BCUT2D eigenvalue weighted by atomic mass is 10.1. The van der Waals surface area contributed by atoms with E-state index in [9.17, 15) is 9.59 Å². The molecule has 0 aliphatic carbocycles. The predicted octanol–water partition coefficient (Wildman–Crippen LogP) is 4.72.